The van der Waals surface area contributed by atoms with Gasteiger partial charge in [0.15, 0.2) is 0 Å². The third-order valence-corrected chi connectivity index (χ3v) is 5.11. The number of piperazine rings is 1. The molecule has 8 nitrogen and oxygen atoms in total. The van der Waals surface area contributed by atoms with Crippen LogP contribution < -0.4 is 5.32 Å². The molecule has 2 N–H and O–H groups in total. The Balaban J connectivity index is 2.37. The van der Waals surface area contributed by atoms with Crippen molar-refractivity contribution in [3.05, 3.63) is 0 Å². The zero-order chi connectivity index (χ0) is 15.9. The number of amides is 1. The molecule has 1 amide bonds. The van der Waals surface area contributed by atoms with E-state index >= 15 is 0 Å². The van der Waals surface area contributed by atoms with Gasteiger partial charge in [-0.05, 0) is 6.42 Å². The number of hydrogen-bond donors (Lipinski definition) is 2. The molecular weight excluding hydrogens is 298 g/mol. The summed E-state index contributed by atoms with van der Waals surface area (Å²) < 4.78 is 25.2. The van der Waals surface area contributed by atoms with Gasteiger partial charge in [-0.25, -0.2) is 8.42 Å². The van der Waals surface area contributed by atoms with E-state index in [0.717, 1.165) is 6.42 Å². The first kappa shape index (κ1) is 17.9. The van der Waals surface area contributed by atoms with Crippen LogP contribution in [0, 0.1) is 0 Å². The number of carbonyl (C=O) groups excluding carboxylic acids is 1. The van der Waals surface area contributed by atoms with E-state index in [-0.39, 0.29) is 24.6 Å². The molecule has 0 saturated carbocycles. The summed E-state index contributed by atoms with van der Waals surface area (Å²) in [6, 6.07) is 0. The third-order valence-electron chi connectivity index (χ3n) is 3.24. The summed E-state index contributed by atoms with van der Waals surface area (Å²) in [4.78, 5) is 23.9. The number of carbonyl (C=O) groups is 2. The van der Waals surface area contributed by atoms with Gasteiger partial charge in [0.05, 0.1) is 18.7 Å². The van der Waals surface area contributed by atoms with Crippen LogP contribution in [0.15, 0.2) is 0 Å². The van der Waals surface area contributed by atoms with Crippen LogP contribution in [-0.4, -0.2) is 79.6 Å². The molecule has 1 aliphatic heterocycles. The summed E-state index contributed by atoms with van der Waals surface area (Å²) in [6.45, 7) is 4.43. The Morgan fingerprint density at radius 3 is 2.33 bits per heavy atom. The average molecular weight is 321 g/mol. The van der Waals surface area contributed by atoms with Crippen molar-refractivity contribution < 1.29 is 23.1 Å². The topological polar surface area (TPSA) is 107 Å². The van der Waals surface area contributed by atoms with Gasteiger partial charge < -0.3 is 10.4 Å². The Kier molecular flexibility index (Phi) is 7.06. The zero-order valence-corrected chi connectivity index (χ0v) is 13.1. The summed E-state index contributed by atoms with van der Waals surface area (Å²) in [7, 11) is -3.52. The summed E-state index contributed by atoms with van der Waals surface area (Å²) in [5.74, 6) is -1.55. The van der Waals surface area contributed by atoms with Gasteiger partial charge >= 0.3 is 5.97 Å². The van der Waals surface area contributed by atoms with Crippen molar-refractivity contribution in [3.8, 4) is 0 Å². The van der Waals surface area contributed by atoms with E-state index in [1.165, 1.54) is 4.31 Å². The first-order valence-electron chi connectivity index (χ1n) is 7.04. The maximum atomic E-state index is 11.9. The normalized spacial score (nSPS) is 17.6. The van der Waals surface area contributed by atoms with Gasteiger partial charge in [0.1, 0.15) is 0 Å². The number of carboxylic acids is 1. The number of nitrogens with zero attached hydrogens (tertiary/aromatic N) is 2. The fourth-order valence-electron chi connectivity index (χ4n) is 2.03. The lowest BCUT2D eigenvalue weighted by atomic mass is 10.3. The Bertz CT molecular complexity index is 458. The quantitative estimate of drug-likeness (QED) is 0.590. The number of hydrogen-bond acceptors (Lipinski definition) is 5. The molecular formula is C12H23N3O5S. The van der Waals surface area contributed by atoms with Gasteiger partial charge in [0.2, 0.25) is 15.9 Å². The van der Waals surface area contributed by atoms with Crippen molar-refractivity contribution in [2.75, 3.05) is 45.0 Å². The number of sulfonamides is 1. The van der Waals surface area contributed by atoms with Crippen LogP contribution >= 0.6 is 0 Å². The zero-order valence-electron chi connectivity index (χ0n) is 12.2. The lowest BCUT2D eigenvalue weighted by Gasteiger charge is -2.33. The molecule has 0 radical (unpaired) electrons. The lowest BCUT2D eigenvalue weighted by molar-refractivity contribution is -0.136. The van der Waals surface area contributed by atoms with Crippen LogP contribution in [0.4, 0.5) is 0 Å². The van der Waals surface area contributed by atoms with Crippen molar-refractivity contribution in [3.63, 3.8) is 0 Å². The van der Waals surface area contributed by atoms with Gasteiger partial charge in [-0.15, -0.1) is 0 Å². The molecule has 21 heavy (non-hydrogen) atoms. The Hall–Kier alpha value is -1.19. The second kappa shape index (κ2) is 8.30. The van der Waals surface area contributed by atoms with E-state index < -0.39 is 16.0 Å². The van der Waals surface area contributed by atoms with E-state index in [1.54, 1.807) is 0 Å². The van der Waals surface area contributed by atoms with Crippen LogP contribution in [0.3, 0.4) is 0 Å². The monoisotopic (exact) mass is 321 g/mol. The Morgan fingerprint density at radius 2 is 1.81 bits per heavy atom. The highest BCUT2D eigenvalue weighted by molar-refractivity contribution is 7.89. The summed E-state index contributed by atoms with van der Waals surface area (Å²) >= 11 is 0. The minimum absolute atomic E-state index is 0.0564. The summed E-state index contributed by atoms with van der Waals surface area (Å²) in [6.07, 6.45) is 0.489. The van der Waals surface area contributed by atoms with Gasteiger partial charge in [-0.2, -0.15) is 4.31 Å². The molecule has 1 heterocycles. The largest absolute Gasteiger partial charge is 0.481 e. The maximum Gasteiger partial charge on any atom is 0.304 e. The minimum Gasteiger partial charge on any atom is -0.481 e. The molecule has 0 aromatic rings. The second-order valence-electron chi connectivity index (χ2n) is 4.98. The molecule has 1 saturated heterocycles. The van der Waals surface area contributed by atoms with E-state index in [9.17, 15) is 18.0 Å². The number of rotatable bonds is 8. The van der Waals surface area contributed by atoms with Crippen LogP contribution in [0.1, 0.15) is 19.8 Å². The smallest absolute Gasteiger partial charge is 0.304 e. The van der Waals surface area contributed by atoms with Crippen LogP contribution in [0.25, 0.3) is 0 Å². The predicted octanol–water partition coefficient (Wildman–Crippen LogP) is -1.07. The van der Waals surface area contributed by atoms with E-state index in [0.29, 0.717) is 32.7 Å². The minimum atomic E-state index is -3.52. The fourth-order valence-corrected chi connectivity index (χ4v) is 3.45. The first-order valence-corrected chi connectivity index (χ1v) is 8.64. The van der Waals surface area contributed by atoms with E-state index in [4.69, 9.17) is 5.11 Å². The van der Waals surface area contributed by atoms with Crippen LogP contribution in [0.2, 0.25) is 0 Å². The third kappa shape index (κ3) is 6.40. The Labute approximate surface area is 125 Å². The average Bonchev–Trinajstić information content (AvgIpc) is 2.43. The van der Waals surface area contributed by atoms with Gasteiger partial charge in [-0.1, -0.05) is 6.92 Å². The summed E-state index contributed by atoms with van der Waals surface area (Å²) in [5.41, 5.74) is 0. The van der Waals surface area contributed by atoms with Crippen molar-refractivity contribution in [1.29, 1.82) is 0 Å². The van der Waals surface area contributed by atoms with Crippen molar-refractivity contribution in [2.24, 2.45) is 0 Å². The first-order chi connectivity index (χ1) is 9.85. The molecule has 0 aliphatic carbocycles. The maximum absolute atomic E-state index is 11.9. The second-order valence-corrected chi connectivity index (χ2v) is 7.07. The molecule has 0 bridgehead atoms. The van der Waals surface area contributed by atoms with E-state index in [2.05, 4.69) is 5.32 Å². The standard InChI is InChI=1S/C12H23N3O5S/c1-2-4-13-11(16)10-14-5-7-15(8-6-14)21(19,20)9-3-12(17)18/h2-10H2,1H3,(H,13,16)(H,17,18). The van der Waals surface area contributed by atoms with Crippen LogP contribution in [-0.2, 0) is 19.6 Å². The van der Waals surface area contributed by atoms with Crippen LogP contribution in [0.5, 0.6) is 0 Å². The molecule has 1 rings (SSSR count). The highest BCUT2D eigenvalue weighted by Crippen LogP contribution is 2.09. The molecule has 9 heteroatoms. The summed E-state index contributed by atoms with van der Waals surface area (Å²) in [5, 5.41) is 11.3. The fraction of sp³-hybridized carbons (Fsp3) is 0.833. The molecule has 0 aromatic heterocycles. The highest BCUT2D eigenvalue weighted by Gasteiger charge is 2.27. The van der Waals surface area contributed by atoms with Gasteiger partial charge in [0, 0.05) is 32.7 Å². The number of aliphatic carboxylic acids is 1. The van der Waals surface area contributed by atoms with Crippen molar-refractivity contribution in [1.82, 2.24) is 14.5 Å². The predicted molar refractivity (Wildman–Crippen MR) is 77.4 cm³/mol. The number of carboxylic acid groups (broad SMARTS) is 1. The number of nitrogens with one attached hydrogen (secondary N) is 1. The molecule has 0 aromatic carbocycles. The van der Waals surface area contributed by atoms with Gasteiger partial charge in [-0.3, -0.25) is 14.5 Å². The van der Waals surface area contributed by atoms with Crippen molar-refractivity contribution in [2.45, 2.75) is 19.8 Å². The lowest BCUT2D eigenvalue weighted by Crippen LogP contribution is -2.51. The molecule has 1 fully saturated rings. The Morgan fingerprint density at radius 1 is 1.19 bits per heavy atom. The molecule has 1 aliphatic rings. The molecule has 0 spiro atoms. The highest BCUT2D eigenvalue weighted by atomic mass is 32.2. The molecule has 0 atom stereocenters. The molecule has 122 valence electrons. The van der Waals surface area contributed by atoms with Crippen molar-refractivity contribution >= 4 is 21.9 Å². The van der Waals surface area contributed by atoms with Gasteiger partial charge in [0.25, 0.3) is 0 Å². The SMILES string of the molecule is CCCNC(=O)CN1CCN(S(=O)(=O)CCC(=O)O)CC1. The molecule has 0 unspecified atom stereocenters. The van der Waals surface area contributed by atoms with E-state index in [1.807, 2.05) is 11.8 Å².